The van der Waals surface area contributed by atoms with E-state index in [9.17, 15) is 5.26 Å². The first kappa shape index (κ1) is 17.6. The van der Waals surface area contributed by atoms with E-state index in [1.54, 1.807) is 12.4 Å². The van der Waals surface area contributed by atoms with Crippen LogP contribution in [0.5, 0.6) is 0 Å². The van der Waals surface area contributed by atoms with Gasteiger partial charge in [-0.05, 0) is 43.4 Å². The lowest BCUT2D eigenvalue weighted by Gasteiger charge is -2.40. The topological polar surface area (TPSA) is 59.3 Å². The highest BCUT2D eigenvalue weighted by molar-refractivity contribution is 5.64. The number of hydrogen-bond donors (Lipinski definition) is 0. The summed E-state index contributed by atoms with van der Waals surface area (Å²) in [6.07, 6.45) is 5.87. The lowest BCUT2D eigenvalue weighted by molar-refractivity contribution is 0.389. The van der Waals surface area contributed by atoms with Gasteiger partial charge in [-0.15, -0.1) is 0 Å². The van der Waals surface area contributed by atoms with Gasteiger partial charge in [0.1, 0.15) is 6.07 Å². The van der Waals surface area contributed by atoms with Gasteiger partial charge in [-0.3, -0.25) is 0 Å². The van der Waals surface area contributed by atoms with Crippen molar-refractivity contribution in [2.24, 2.45) is 5.92 Å². The smallest absolute Gasteiger partial charge is 0.172 e. The van der Waals surface area contributed by atoms with Crippen molar-refractivity contribution < 1.29 is 0 Å². The molecular weight excluding hydrogens is 336 g/mol. The fraction of sp³-hybridized carbons (Fsp3) is 0.476. The van der Waals surface area contributed by atoms with Crippen LogP contribution in [0, 0.1) is 24.2 Å². The van der Waals surface area contributed by atoms with Crippen molar-refractivity contribution in [1.29, 1.82) is 5.26 Å². The molecule has 4 rings (SSSR count). The lowest BCUT2D eigenvalue weighted by Crippen LogP contribution is -2.49. The molecule has 1 aromatic heterocycles. The molecule has 2 aliphatic heterocycles. The number of rotatable bonds is 3. The summed E-state index contributed by atoms with van der Waals surface area (Å²) >= 11 is 0. The second-order valence-corrected chi connectivity index (χ2v) is 7.77. The van der Waals surface area contributed by atoms with Gasteiger partial charge in [0.2, 0.25) is 0 Å². The third-order valence-corrected chi connectivity index (χ3v) is 5.83. The third kappa shape index (κ3) is 3.18. The minimum Gasteiger partial charge on any atom is -0.365 e. The Kier molecular flexibility index (Phi) is 4.61. The van der Waals surface area contributed by atoms with Gasteiger partial charge in [-0.25, -0.2) is 9.97 Å². The number of aromatic nitrogens is 2. The molecule has 6 heteroatoms. The quantitative estimate of drug-likeness (QED) is 0.837. The molecule has 0 spiro atoms. The first-order chi connectivity index (χ1) is 13.1. The Morgan fingerprint density at radius 3 is 2.70 bits per heavy atom. The maximum absolute atomic E-state index is 9.58. The maximum Gasteiger partial charge on any atom is 0.172 e. The van der Waals surface area contributed by atoms with E-state index in [1.807, 2.05) is 31.1 Å². The van der Waals surface area contributed by atoms with E-state index >= 15 is 0 Å². The van der Waals surface area contributed by atoms with Gasteiger partial charge in [-0.2, -0.15) is 5.26 Å². The number of hydrogen-bond acceptors (Lipinski definition) is 6. The van der Waals surface area contributed by atoms with E-state index < -0.39 is 0 Å². The van der Waals surface area contributed by atoms with E-state index in [4.69, 9.17) is 0 Å². The highest BCUT2D eigenvalue weighted by Crippen LogP contribution is 2.38. The lowest BCUT2D eigenvalue weighted by atomic mass is 9.92. The van der Waals surface area contributed by atoms with Gasteiger partial charge in [0.25, 0.3) is 0 Å². The molecule has 0 N–H and O–H groups in total. The summed E-state index contributed by atoms with van der Waals surface area (Å²) in [5.74, 6) is 2.54. The van der Waals surface area contributed by atoms with E-state index in [0.717, 1.165) is 48.9 Å². The van der Waals surface area contributed by atoms with Crippen molar-refractivity contribution in [2.45, 2.75) is 25.8 Å². The highest BCUT2D eigenvalue weighted by Gasteiger charge is 2.40. The molecule has 0 amide bonds. The van der Waals surface area contributed by atoms with E-state index in [-0.39, 0.29) is 0 Å². The van der Waals surface area contributed by atoms with Crippen LogP contribution in [0.1, 0.15) is 24.0 Å². The van der Waals surface area contributed by atoms with Crippen LogP contribution in [0.3, 0.4) is 0 Å². The van der Waals surface area contributed by atoms with Gasteiger partial charge in [0, 0.05) is 52.2 Å². The fourth-order valence-corrected chi connectivity index (χ4v) is 4.47. The zero-order valence-corrected chi connectivity index (χ0v) is 16.3. The Bertz CT molecular complexity index is 871. The SMILES string of the molecule is Cc1ccc(C#N)c(N2CCC3CCN(c4nccnc4N(C)C)CC32)c1. The standard InChI is InChI=1S/C21H26N6/c1-15-4-5-17(13-22)18(12-15)27-11-7-16-6-10-26(14-19(16)27)21-20(25(2)3)23-8-9-24-21/h4-5,8-9,12,16,19H,6-7,10-11,14H2,1-3H3. The zero-order valence-electron chi connectivity index (χ0n) is 16.3. The summed E-state index contributed by atoms with van der Waals surface area (Å²) in [4.78, 5) is 16.0. The van der Waals surface area contributed by atoms with Crippen LogP contribution < -0.4 is 14.7 Å². The minimum atomic E-state index is 0.407. The number of nitriles is 1. The van der Waals surface area contributed by atoms with Crippen LogP contribution in [0.25, 0.3) is 0 Å². The van der Waals surface area contributed by atoms with Gasteiger partial charge in [0.15, 0.2) is 11.6 Å². The average molecular weight is 362 g/mol. The Labute approximate surface area is 161 Å². The van der Waals surface area contributed by atoms with Crippen molar-refractivity contribution in [3.8, 4) is 6.07 Å². The largest absolute Gasteiger partial charge is 0.365 e. The number of anilines is 3. The molecule has 2 atom stereocenters. The summed E-state index contributed by atoms with van der Waals surface area (Å²) in [6.45, 7) is 5.03. The predicted molar refractivity (Wildman–Crippen MR) is 108 cm³/mol. The molecule has 0 aliphatic carbocycles. The molecule has 2 unspecified atom stereocenters. The van der Waals surface area contributed by atoms with Crippen LogP contribution >= 0.6 is 0 Å². The van der Waals surface area contributed by atoms with Crippen molar-refractivity contribution in [2.75, 3.05) is 48.4 Å². The minimum absolute atomic E-state index is 0.407. The summed E-state index contributed by atoms with van der Waals surface area (Å²) < 4.78 is 0. The van der Waals surface area contributed by atoms with Crippen LogP contribution in [0.15, 0.2) is 30.6 Å². The van der Waals surface area contributed by atoms with Crippen molar-refractivity contribution in [3.63, 3.8) is 0 Å². The summed E-state index contributed by atoms with van der Waals surface area (Å²) in [6, 6.07) is 8.91. The molecular formula is C21H26N6. The molecule has 1 aromatic carbocycles. The Balaban J connectivity index is 1.64. The maximum atomic E-state index is 9.58. The Hall–Kier alpha value is -2.81. The first-order valence-corrected chi connectivity index (χ1v) is 9.59. The molecule has 2 aromatic rings. The van der Waals surface area contributed by atoms with Crippen molar-refractivity contribution >= 4 is 17.3 Å². The second-order valence-electron chi connectivity index (χ2n) is 7.77. The van der Waals surface area contributed by atoms with Gasteiger partial charge in [-0.1, -0.05) is 6.07 Å². The number of nitrogens with zero attached hydrogens (tertiary/aromatic N) is 6. The normalized spacial score (nSPS) is 21.7. The van der Waals surface area contributed by atoms with Gasteiger partial charge >= 0.3 is 0 Å². The molecule has 27 heavy (non-hydrogen) atoms. The Morgan fingerprint density at radius 1 is 1.15 bits per heavy atom. The molecule has 0 radical (unpaired) electrons. The molecule has 0 saturated carbocycles. The summed E-state index contributed by atoms with van der Waals surface area (Å²) in [5, 5.41) is 9.58. The molecule has 6 nitrogen and oxygen atoms in total. The van der Waals surface area contributed by atoms with E-state index in [0.29, 0.717) is 12.0 Å². The van der Waals surface area contributed by atoms with Crippen LogP contribution in [-0.2, 0) is 0 Å². The second kappa shape index (κ2) is 7.07. The molecule has 3 heterocycles. The monoisotopic (exact) mass is 362 g/mol. The molecule has 2 saturated heterocycles. The van der Waals surface area contributed by atoms with E-state index in [2.05, 4.69) is 38.8 Å². The summed E-state index contributed by atoms with van der Waals surface area (Å²) in [7, 11) is 4.02. The van der Waals surface area contributed by atoms with Crippen molar-refractivity contribution in [3.05, 3.63) is 41.7 Å². The predicted octanol–water partition coefficient (Wildman–Crippen LogP) is 2.83. The first-order valence-electron chi connectivity index (χ1n) is 9.59. The molecule has 0 bridgehead atoms. The average Bonchev–Trinajstić information content (AvgIpc) is 3.11. The number of aryl methyl sites for hydroxylation is 1. The van der Waals surface area contributed by atoms with Crippen LogP contribution in [0.4, 0.5) is 17.3 Å². The third-order valence-electron chi connectivity index (χ3n) is 5.83. The van der Waals surface area contributed by atoms with Gasteiger partial charge in [0.05, 0.1) is 11.3 Å². The molecule has 140 valence electrons. The molecule has 2 fully saturated rings. The summed E-state index contributed by atoms with van der Waals surface area (Å²) in [5.41, 5.74) is 3.05. The number of fused-ring (bicyclic) bond motifs is 1. The van der Waals surface area contributed by atoms with Crippen molar-refractivity contribution in [1.82, 2.24) is 9.97 Å². The Morgan fingerprint density at radius 2 is 1.93 bits per heavy atom. The molecule has 2 aliphatic rings. The number of piperidine rings is 1. The van der Waals surface area contributed by atoms with E-state index in [1.165, 1.54) is 12.0 Å². The van der Waals surface area contributed by atoms with Gasteiger partial charge < -0.3 is 14.7 Å². The van der Waals surface area contributed by atoms with Crippen LogP contribution in [-0.4, -0.2) is 49.7 Å². The van der Waals surface area contributed by atoms with Crippen LogP contribution in [0.2, 0.25) is 0 Å². The zero-order chi connectivity index (χ0) is 19.0. The highest BCUT2D eigenvalue weighted by atomic mass is 15.3. The fourth-order valence-electron chi connectivity index (χ4n) is 4.47. The number of benzene rings is 1.